The summed E-state index contributed by atoms with van der Waals surface area (Å²) in [5, 5.41) is 11.3. The van der Waals surface area contributed by atoms with Crippen LogP contribution < -0.4 is 0 Å². The zero-order valence-electron chi connectivity index (χ0n) is 16.5. The molecule has 6 aromatic carbocycles. The van der Waals surface area contributed by atoms with E-state index in [0.717, 1.165) is 21.5 Å². The molecule has 0 bridgehead atoms. The molecule has 0 spiro atoms. The first kappa shape index (κ1) is 17.0. The van der Waals surface area contributed by atoms with E-state index in [4.69, 9.17) is 4.74 Å². The van der Waals surface area contributed by atoms with E-state index in [0.29, 0.717) is 5.56 Å². The molecule has 0 aliphatic carbocycles. The molecule has 0 heterocycles. The molecule has 0 aliphatic rings. The fourth-order valence-electron chi connectivity index (χ4n) is 4.71. The molecular weight excluding hydrogens is 368 g/mol. The van der Waals surface area contributed by atoms with Crippen molar-refractivity contribution >= 4 is 59.8 Å². The van der Waals surface area contributed by atoms with Crippen molar-refractivity contribution in [3.8, 4) is 0 Å². The lowest BCUT2D eigenvalue weighted by atomic mass is 9.90. The maximum Gasteiger partial charge on any atom is 0.338 e. The Morgan fingerprint density at radius 3 is 1.97 bits per heavy atom. The first-order chi connectivity index (χ1) is 14.7. The van der Waals surface area contributed by atoms with E-state index >= 15 is 0 Å². The second-order valence-electron chi connectivity index (χ2n) is 7.71. The molecule has 142 valence electrons. The number of methoxy groups -OCH3 is 1. The molecule has 0 aliphatic heterocycles. The number of fused-ring (bicyclic) bond motifs is 8. The molecular formula is C28H18O2. The zero-order valence-corrected chi connectivity index (χ0v) is 16.5. The Balaban J connectivity index is 1.91. The third-order valence-corrected chi connectivity index (χ3v) is 6.11. The smallest absolute Gasteiger partial charge is 0.338 e. The molecule has 6 aromatic rings. The number of carbonyl (C=O) groups is 1. The first-order valence-corrected chi connectivity index (χ1v) is 10.0. The van der Waals surface area contributed by atoms with Crippen molar-refractivity contribution in [1.29, 1.82) is 0 Å². The van der Waals surface area contributed by atoms with Gasteiger partial charge in [-0.05, 0) is 72.1 Å². The lowest BCUT2D eigenvalue weighted by Gasteiger charge is -2.14. The number of rotatable bonds is 1. The lowest BCUT2D eigenvalue weighted by Crippen LogP contribution is -2.02. The van der Waals surface area contributed by atoms with Gasteiger partial charge in [-0.15, -0.1) is 0 Å². The van der Waals surface area contributed by atoms with E-state index in [9.17, 15) is 4.79 Å². The van der Waals surface area contributed by atoms with Crippen molar-refractivity contribution in [2.45, 2.75) is 0 Å². The Bertz CT molecular complexity index is 1640. The largest absolute Gasteiger partial charge is 0.465 e. The summed E-state index contributed by atoms with van der Waals surface area (Å²) in [6, 6.07) is 31.7. The molecule has 0 radical (unpaired) electrons. The van der Waals surface area contributed by atoms with Crippen molar-refractivity contribution < 1.29 is 9.53 Å². The van der Waals surface area contributed by atoms with E-state index in [1.54, 1.807) is 0 Å². The molecule has 0 saturated carbocycles. The van der Waals surface area contributed by atoms with Gasteiger partial charge in [0.25, 0.3) is 0 Å². The normalized spacial score (nSPS) is 11.6. The summed E-state index contributed by atoms with van der Waals surface area (Å²) in [4.78, 5) is 12.7. The second-order valence-corrected chi connectivity index (χ2v) is 7.71. The first-order valence-electron chi connectivity index (χ1n) is 10.0. The summed E-state index contributed by atoms with van der Waals surface area (Å²) in [6.45, 7) is 0. The number of hydrogen-bond donors (Lipinski definition) is 0. The van der Waals surface area contributed by atoms with Gasteiger partial charge in [0, 0.05) is 0 Å². The van der Waals surface area contributed by atoms with Crippen LogP contribution in [0.1, 0.15) is 10.4 Å². The Kier molecular flexibility index (Phi) is 3.57. The summed E-state index contributed by atoms with van der Waals surface area (Å²) >= 11 is 0. The number of benzene rings is 6. The molecule has 6 rings (SSSR count). The minimum absolute atomic E-state index is 0.310. The molecule has 0 aromatic heterocycles. The van der Waals surface area contributed by atoms with Crippen LogP contribution in [0.25, 0.3) is 53.9 Å². The van der Waals surface area contributed by atoms with E-state index in [1.165, 1.54) is 39.4 Å². The highest BCUT2D eigenvalue weighted by molar-refractivity contribution is 6.27. The number of ether oxygens (including phenoxy) is 1. The molecule has 0 N–H and O–H groups in total. The van der Waals surface area contributed by atoms with Crippen LogP contribution in [0.4, 0.5) is 0 Å². The summed E-state index contributed by atoms with van der Waals surface area (Å²) < 4.78 is 5.12. The molecule has 2 heteroatoms. The van der Waals surface area contributed by atoms with Crippen molar-refractivity contribution in [1.82, 2.24) is 0 Å². The third kappa shape index (κ3) is 2.34. The van der Waals surface area contributed by atoms with Crippen LogP contribution in [0.3, 0.4) is 0 Å². The maximum absolute atomic E-state index is 12.7. The molecule has 0 fully saturated rings. The van der Waals surface area contributed by atoms with Gasteiger partial charge in [-0.25, -0.2) is 4.79 Å². The lowest BCUT2D eigenvalue weighted by molar-refractivity contribution is 0.0603. The Labute approximate surface area is 173 Å². The van der Waals surface area contributed by atoms with Gasteiger partial charge in [-0.2, -0.15) is 0 Å². The van der Waals surface area contributed by atoms with E-state index < -0.39 is 0 Å². The molecule has 0 unspecified atom stereocenters. The number of hydrogen-bond acceptors (Lipinski definition) is 2. The average molecular weight is 386 g/mol. The van der Waals surface area contributed by atoms with Crippen LogP contribution in [0.15, 0.2) is 91.0 Å². The van der Waals surface area contributed by atoms with Gasteiger partial charge in [0.05, 0.1) is 12.7 Å². The summed E-state index contributed by atoms with van der Waals surface area (Å²) in [6.07, 6.45) is 0. The van der Waals surface area contributed by atoms with E-state index in [1.807, 2.05) is 6.07 Å². The van der Waals surface area contributed by atoms with E-state index in [2.05, 4.69) is 84.9 Å². The summed E-state index contributed by atoms with van der Waals surface area (Å²) in [5.74, 6) is -0.310. The van der Waals surface area contributed by atoms with Gasteiger partial charge in [-0.1, -0.05) is 72.8 Å². The highest BCUT2D eigenvalue weighted by atomic mass is 16.5. The fourth-order valence-corrected chi connectivity index (χ4v) is 4.71. The zero-order chi connectivity index (χ0) is 20.2. The van der Waals surface area contributed by atoms with Gasteiger partial charge in [0.1, 0.15) is 0 Å². The van der Waals surface area contributed by atoms with Crippen molar-refractivity contribution in [2.24, 2.45) is 0 Å². The van der Waals surface area contributed by atoms with Gasteiger partial charge < -0.3 is 4.74 Å². The van der Waals surface area contributed by atoms with Crippen LogP contribution >= 0.6 is 0 Å². The Hall–Kier alpha value is -3.91. The van der Waals surface area contributed by atoms with Crippen LogP contribution in [0, 0.1) is 0 Å². The van der Waals surface area contributed by atoms with Gasteiger partial charge in [0.2, 0.25) is 0 Å². The predicted octanol–water partition coefficient (Wildman–Crippen LogP) is 7.24. The topological polar surface area (TPSA) is 26.3 Å². The van der Waals surface area contributed by atoms with Crippen LogP contribution in [-0.2, 0) is 4.74 Å². The second kappa shape index (κ2) is 6.30. The molecule has 2 nitrogen and oxygen atoms in total. The molecule has 0 saturated heterocycles. The van der Waals surface area contributed by atoms with Crippen molar-refractivity contribution in [2.75, 3.05) is 7.11 Å². The van der Waals surface area contributed by atoms with Gasteiger partial charge in [0.15, 0.2) is 0 Å². The van der Waals surface area contributed by atoms with Crippen molar-refractivity contribution in [3.05, 3.63) is 96.6 Å². The van der Waals surface area contributed by atoms with Crippen molar-refractivity contribution in [3.63, 3.8) is 0 Å². The number of carbonyl (C=O) groups excluding carboxylic acids is 1. The molecule has 0 atom stereocenters. The Morgan fingerprint density at radius 1 is 0.567 bits per heavy atom. The number of esters is 1. The van der Waals surface area contributed by atoms with Gasteiger partial charge >= 0.3 is 5.97 Å². The fraction of sp³-hybridized carbons (Fsp3) is 0.0357. The summed E-state index contributed by atoms with van der Waals surface area (Å²) in [7, 11) is 1.44. The highest BCUT2D eigenvalue weighted by Gasteiger charge is 2.16. The minimum Gasteiger partial charge on any atom is -0.465 e. The average Bonchev–Trinajstić information content (AvgIpc) is 2.81. The van der Waals surface area contributed by atoms with Crippen LogP contribution in [-0.4, -0.2) is 13.1 Å². The standard InChI is InChI=1S/C28H18O2/c1-30-28(29)26-15-20-13-11-18-7-3-5-9-22(18)27(20)25-16-23-19(14-24(25)26)12-10-17-6-2-4-8-21(17)23/h2-16H,1H3. The van der Waals surface area contributed by atoms with Crippen LogP contribution in [0.2, 0.25) is 0 Å². The maximum atomic E-state index is 12.7. The SMILES string of the molecule is COC(=O)c1cc2ccc3ccccc3c2c2cc3c(ccc4ccccc43)cc12. The minimum atomic E-state index is -0.310. The highest BCUT2D eigenvalue weighted by Crippen LogP contribution is 2.38. The monoisotopic (exact) mass is 386 g/mol. The summed E-state index contributed by atoms with van der Waals surface area (Å²) in [5.41, 5.74) is 0.602. The van der Waals surface area contributed by atoms with E-state index in [-0.39, 0.29) is 5.97 Å². The third-order valence-electron chi connectivity index (χ3n) is 6.11. The van der Waals surface area contributed by atoms with Gasteiger partial charge in [-0.3, -0.25) is 0 Å². The Morgan fingerprint density at radius 2 is 1.20 bits per heavy atom. The predicted molar refractivity (Wildman–Crippen MR) is 125 cm³/mol. The molecule has 30 heavy (non-hydrogen) atoms. The molecule has 0 amide bonds. The quantitative estimate of drug-likeness (QED) is 0.169. The van der Waals surface area contributed by atoms with Crippen LogP contribution in [0.5, 0.6) is 0 Å².